The zero-order valence-corrected chi connectivity index (χ0v) is 8.65. The molecular weight excluding hydrogens is 190 g/mol. The molecule has 0 aliphatic heterocycles. The molecular formula is C12H11NO2. The number of benzene rings is 1. The summed E-state index contributed by atoms with van der Waals surface area (Å²) in [6, 6.07) is 5.70. The van der Waals surface area contributed by atoms with Crippen molar-refractivity contribution in [3.05, 3.63) is 35.5 Å². The third kappa shape index (κ3) is 1.46. The molecule has 0 aliphatic carbocycles. The van der Waals surface area contributed by atoms with Crippen molar-refractivity contribution in [3.63, 3.8) is 0 Å². The maximum atomic E-state index is 11.3. The van der Waals surface area contributed by atoms with Crippen LogP contribution in [0, 0.1) is 6.92 Å². The summed E-state index contributed by atoms with van der Waals surface area (Å²) < 4.78 is 1.50. The molecule has 0 fully saturated rings. The zero-order chi connectivity index (χ0) is 11.0. The summed E-state index contributed by atoms with van der Waals surface area (Å²) >= 11 is 0. The molecule has 3 nitrogen and oxygen atoms in total. The van der Waals surface area contributed by atoms with Gasteiger partial charge in [-0.2, -0.15) is 0 Å². The number of carbonyl (C=O) groups excluding carboxylic acids is 2. The van der Waals surface area contributed by atoms with Gasteiger partial charge in [0.2, 0.25) is 5.91 Å². The summed E-state index contributed by atoms with van der Waals surface area (Å²) in [6.07, 6.45) is 2.36. The van der Waals surface area contributed by atoms with Gasteiger partial charge in [-0.25, -0.2) is 0 Å². The normalized spacial score (nSPS) is 10.5. The number of aldehydes is 1. The highest BCUT2D eigenvalue weighted by molar-refractivity contribution is 6.02. The van der Waals surface area contributed by atoms with Crippen molar-refractivity contribution in [2.45, 2.75) is 13.8 Å². The van der Waals surface area contributed by atoms with E-state index in [0.29, 0.717) is 5.56 Å². The van der Waals surface area contributed by atoms with Gasteiger partial charge in [-0.1, -0.05) is 11.6 Å². The third-order valence-electron chi connectivity index (χ3n) is 2.46. The van der Waals surface area contributed by atoms with Gasteiger partial charge in [0, 0.05) is 24.1 Å². The highest BCUT2D eigenvalue weighted by Gasteiger charge is 2.09. The summed E-state index contributed by atoms with van der Waals surface area (Å²) in [5.41, 5.74) is 2.42. The van der Waals surface area contributed by atoms with Gasteiger partial charge in [0.05, 0.1) is 5.52 Å². The number of aryl methyl sites for hydroxylation is 1. The smallest absolute Gasteiger partial charge is 0.227 e. The number of nitrogens with zero attached hydrogens (tertiary/aromatic N) is 1. The van der Waals surface area contributed by atoms with Crippen molar-refractivity contribution in [1.29, 1.82) is 0 Å². The van der Waals surface area contributed by atoms with Crippen molar-refractivity contribution in [1.82, 2.24) is 4.57 Å². The zero-order valence-electron chi connectivity index (χ0n) is 8.65. The van der Waals surface area contributed by atoms with Crippen LogP contribution in [0.25, 0.3) is 10.9 Å². The van der Waals surface area contributed by atoms with Crippen LogP contribution in [0.2, 0.25) is 0 Å². The van der Waals surface area contributed by atoms with Crippen LogP contribution in [0.15, 0.2) is 24.4 Å². The highest BCUT2D eigenvalue weighted by atomic mass is 16.1. The number of hydrogen-bond acceptors (Lipinski definition) is 2. The Balaban J connectivity index is 2.86. The Labute approximate surface area is 87.3 Å². The average molecular weight is 201 g/mol. The first-order valence-electron chi connectivity index (χ1n) is 4.71. The van der Waals surface area contributed by atoms with Crippen molar-refractivity contribution in [2.24, 2.45) is 0 Å². The minimum atomic E-state index is -0.0862. The standard InChI is InChI=1S/C12H11NO2/c1-8-3-4-12-11(5-8)10(7-14)6-13(12)9(2)15/h3-7H,1-2H3. The topological polar surface area (TPSA) is 39.1 Å². The maximum absolute atomic E-state index is 11.3. The predicted octanol–water partition coefficient (Wildman–Crippen LogP) is 2.42. The molecule has 0 saturated heterocycles. The molecule has 0 N–H and O–H groups in total. The average Bonchev–Trinajstić information content (AvgIpc) is 2.55. The van der Waals surface area contributed by atoms with Crippen molar-refractivity contribution >= 4 is 23.1 Å². The monoisotopic (exact) mass is 201 g/mol. The molecule has 2 aromatic rings. The molecule has 0 atom stereocenters. The molecule has 2 rings (SSSR count). The fraction of sp³-hybridized carbons (Fsp3) is 0.167. The summed E-state index contributed by atoms with van der Waals surface area (Å²) in [5, 5.41) is 0.834. The number of hydrogen-bond donors (Lipinski definition) is 0. The minimum absolute atomic E-state index is 0.0862. The molecule has 0 aliphatic rings. The van der Waals surface area contributed by atoms with Crippen LogP contribution in [-0.4, -0.2) is 16.8 Å². The second-order valence-electron chi connectivity index (χ2n) is 3.61. The Hall–Kier alpha value is -1.90. The lowest BCUT2D eigenvalue weighted by Gasteiger charge is -1.99. The lowest BCUT2D eigenvalue weighted by Crippen LogP contribution is -2.02. The van der Waals surface area contributed by atoms with E-state index < -0.39 is 0 Å². The quantitative estimate of drug-likeness (QED) is 0.664. The molecule has 76 valence electrons. The van der Waals surface area contributed by atoms with E-state index in [-0.39, 0.29) is 5.91 Å². The van der Waals surface area contributed by atoms with Crippen LogP contribution in [0.1, 0.15) is 27.6 Å². The first-order chi connectivity index (χ1) is 7.13. The molecule has 1 aromatic heterocycles. The molecule has 0 spiro atoms. The van der Waals surface area contributed by atoms with E-state index in [1.54, 1.807) is 6.20 Å². The van der Waals surface area contributed by atoms with Crippen LogP contribution in [0.3, 0.4) is 0 Å². The number of aromatic nitrogens is 1. The maximum Gasteiger partial charge on any atom is 0.227 e. The van der Waals surface area contributed by atoms with E-state index in [0.717, 1.165) is 22.8 Å². The van der Waals surface area contributed by atoms with Gasteiger partial charge >= 0.3 is 0 Å². The first kappa shape index (κ1) is 9.65. The third-order valence-corrected chi connectivity index (χ3v) is 2.46. The molecule has 1 heterocycles. The second-order valence-corrected chi connectivity index (χ2v) is 3.61. The molecule has 0 unspecified atom stereocenters. The van der Waals surface area contributed by atoms with Gasteiger partial charge in [-0.15, -0.1) is 0 Å². The number of rotatable bonds is 1. The Morgan fingerprint density at radius 1 is 1.40 bits per heavy atom. The van der Waals surface area contributed by atoms with Crippen LogP contribution in [0.4, 0.5) is 0 Å². The van der Waals surface area contributed by atoms with E-state index in [2.05, 4.69) is 0 Å². The Bertz CT molecular complexity index is 552. The molecule has 0 amide bonds. The van der Waals surface area contributed by atoms with Gasteiger partial charge in [0.1, 0.15) is 0 Å². The Morgan fingerprint density at radius 2 is 2.13 bits per heavy atom. The number of carbonyl (C=O) groups is 2. The van der Waals surface area contributed by atoms with Crippen LogP contribution < -0.4 is 0 Å². The highest BCUT2D eigenvalue weighted by Crippen LogP contribution is 2.21. The fourth-order valence-corrected chi connectivity index (χ4v) is 1.72. The van der Waals surface area contributed by atoms with E-state index in [4.69, 9.17) is 0 Å². The van der Waals surface area contributed by atoms with Gasteiger partial charge in [-0.3, -0.25) is 14.2 Å². The Kier molecular flexibility index (Phi) is 2.15. The van der Waals surface area contributed by atoms with E-state index in [1.165, 1.54) is 11.5 Å². The van der Waals surface area contributed by atoms with Crippen LogP contribution >= 0.6 is 0 Å². The van der Waals surface area contributed by atoms with E-state index >= 15 is 0 Å². The van der Waals surface area contributed by atoms with Gasteiger partial charge in [0.25, 0.3) is 0 Å². The van der Waals surface area contributed by atoms with E-state index in [9.17, 15) is 9.59 Å². The summed E-state index contributed by atoms with van der Waals surface area (Å²) in [6.45, 7) is 3.44. The fourth-order valence-electron chi connectivity index (χ4n) is 1.72. The van der Waals surface area contributed by atoms with Gasteiger partial charge in [-0.05, 0) is 19.1 Å². The molecule has 1 aromatic carbocycles. The van der Waals surface area contributed by atoms with Crippen molar-refractivity contribution < 1.29 is 9.59 Å². The summed E-state index contributed by atoms with van der Waals surface area (Å²) in [7, 11) is 0. The minimum Gasteiger partial charge on any atom is -0.298 e. The van der Waals surface area contributed by atoms with Crippen LogP contribution in [0.5, 0.6) is 0 Å². The lowest BCUT2D eigenvalue weighted by atomic mass is 10.1. The second kappa shape index (κ2) is 3.35. The molecule has 3 heteroatoms. The SMILES string of the molecule is CC(=O)n1cc(C=O)c2cc(C)ccc21. The Morgan fingerprint density at radius 3 is 2.73 bits per heavy atom. The van der Waals surface area contributed by atoms with E-state index in [1.807, 2.05) is 25.1 Å². The first-order valence-corrected chi connectivity index (χ1v) is 4.71. The van der Waals surface area contributed by atoms with Gasteiger partial charge < -0.3 is 0 Å². The summed E-state index contributed by atoms with van der Waals surface area (Å²) in [5.74, 6) is -0.0862. The van der Waals surface area contributed by atoms with Crippen LogP contribution in [-0.2, 0) is 0 Å². The largest absolute Gasteiger partial charge is 0.298 e. The molecule has 15 heavy (non-hydrogen) atoms. The molecule has 0 saturated carbocycles. The lowest BCUT2D eigenvalue weighted by molar-refractivity contribution is 0.0941. The number of fused-ring (bicyclic) bond motifs is 1. The molecule has 0 radical (unpaired) electrons. The van der Waals surface area contributed by atoms with Crippen molar-refractivity contribution in [3.8, 4) is 0 Å². The predicted molar refractivity (Wildman–Crippen MR) is 58.4 cm³/mol. The van der Waals surface area contributed by atoms with Crippen molar-refractivity contribution in [2.75, 3.05) is 0 Å². The molecule has 0 bridgehead atoms. The van der Waals surface area contributed by atoms with Gasteiger partial charge in [0.15, 0.2) is 6.29 Å². The summed E-state index contributed by atoms with van der Waals surface area (Å²) in [4.78, 5) is 22.2.